The van der Waals surface area contributed by atoms with Gasteiger partial charge in [-0.25, -0.2) is 4.79 Å². The predicted octanol–water partition coefficient (Wildman–Crippen LogP) is 3.68. The maximum Gasteiger partial charge on any atom is 0.332 e. The number of rotatable bonds is 5. The maximum absolute atomic E-state index is 13.3. The van der Waals surface area contributed by atoms with Crippen LogP contribution in [0.5, 0.6) is 0 Å². The Morgan fingerprint density at radius 2 is 1.66 bits per heavy atom. The molecule has 0 fully saturated rings. The van der Waals surface area contributed by atoms with Crippen molar-refractivity contribution in [1.82, 2.24) is 9.13 Å². The molecule has 1 atom stereocenters. The highest BCUT2D eigenvalue weighted by atomic mass is 16.2. The summed E-state index contributed by atoms with van der Waals surface area (Å²) in [5.41, 5.74) is 4.37. The van der Waals surface area contributed by atoms with Gasteiger partial charge in [-0.2, -0.15) is 0 Å². The van der Waals surface area contributed by atoms with Gasteiger partial charge in [-0.1, -0.05) is 42.5 Å². The van der Waals surface area contributed by atoms with E-state index in [1.54, 1.807) is 7.05 Å². The Morgan fingerprint density at radius 3 is 2.34 bits per heavy atom. The minimum absolute atomic E-state index is 0.0636. The van der Waals surface area contributed by atoms with Crippen LogP contribution in [0.1, 0.15) is 48.8 Å². The molecule has 2 aliphatic rings. The minimum Gasteiger partial charge on any atom is -0.367 e. The van der Waals surface area contributed by atoms with Crippen LogP contribution in [0.4, 0.5) is 11.5 Å². The molecule has 3 aromatic rings. The average molecular weight is 471 g/mol. The Kier molecular flexibility index (Phi) is 5.93. The van der Waals surface area contributed by atoms with E-state index in [0.717, 1.165) is 47.4 Å². The summed E-state index contributed by atoms with van der Waals surface area (Å²) in [5.74, 6) is 0.0475. The van der Waals surface area contributed by atoms with E-state index in [2.05, 4.69) is 41.4 Å². The molecular formula is C28H30N4O3. The summed E-state index contributed by atoms with van der Waals surface area (Å²) in [6.45, 7) is 3.77. The van der Waals surface area contributed by atoms with Crippen molar-refractivity contribution in [2.24, 2.45) is 14.1 Å². The second-order valence-electron chi connectivity index (χ2n) is 9.29. The van der Waals surface area contributed by atoms with Crippen LogP contribution in [-0.4, -0.2) is 21.5 Å². The monoisotopic (exact) mass is 470 g/mol. The second-order valence-corrected chi connectivity index (χ2v) is 9.29. The molecule has 0 unspecified atom stereocenters. The number of anilines is 2. The predicted molar refractivity (Wildman–Crippen MR) is 138 cm³/mol. The maximum atomic E-state index is 13.3. The molecule has 2 heterocycles. The van der Waals surface area contributed by atoms with Crippen molar-refractivity contribution in [3.05, 3.63) is 103 Å². The molecule has 0 amide bonds. The highest BCUT2D eigenvalue weighted by molar-refractivity contribution is 6.00. The number of hydrogen-bond acceptors (Lipinski definition) is 5. The van der Waals surface area contributed by atoms with Crippen molar-refractivity contribution in [2.45, 2.75) is 38.6 Å². The Bertz CT molecular complexity index is 1430. The molecule has 180 valence electrons. The van der Waals surface area contributed by atoms with Crippen molar-refractivity contribution in [1.29, 1.82) is 0 Å². The molecule has 35 heavy (non-hydrogen) atoms. The molecular weight excluding hydrogens is 440 g/mol. The number of hydrogen-bond donors (Lipinski definition) is 1. The lowest BCUT2D eigenvalue weighted by molar-refractivity contribution is -0.116. The van der Waals surface area contributed by atoms with Gasteiger partial charge in [-0.15, -0.1) is 0 Å². The first-order chi connectivity index (χ1) is 16.9. The van der Waals surface area contributed by atoms with E-state index < -0.39 is 5.92 Å². The van der Waals surface area contributed by atoms with Gasteiger partial charge in [0.05, 0.1) is 5.56 Å². The third-order valence-electron chi connectivity index (χ3n) is 7.19. The third kappa shape index (κ3) is 3.91. The zero-order chi connectivity index (χ0) is 24.7. The first-order valence-corrected chi connectivity index (χ1v) is 12.1. The van der Waals surface area contributed by atoms with Gasteiger partial charge in [-0.3, -0.25) is 18.7 Å². The topological polar surface area (TPSA) is 76.3 Å². The van der Waals surface area contributed by atoms with E-state index in [4.69, 9.17) is 0 Å². The highest BCUT2D eigenvalue weighted by Gasteiger charge is 2.38. The number of benzene rings is 2. The van der Waals surface area contributed by atoms with E-state index in [9.17, 15) is 14.4 Å². The van der Waals surface area contributed by atoms with Gasteiger partial charge in [0.15, 0.2) is 5.78 Å². The first-order valence-electron chi connectivity index (χ1n) is 12.1. The van der Waals surface area contributed by atoms with Crippen LogP contribution < -0.4 is 21.5 Å². The van der Waals surface area contributed by atoms with E-state index in [1.807, 2.05) is 30.3 Å². The van der Waals surface area contributed by atoms with Crippen molar-refractivity contribution < 1.29 is 4.79 Å². The number of nitrogens with one attached hydrogen (secondary N) is 1. The Labute approximate surface area is 204 Å². The summed E-state index contributed by atoms with van der Waals surface area (Å²) in [6, 6.07) is 18.5. The zero-order valence-electron chi connectivity index (χ0n) is 20.4. The molecule has 1 aliphatic heterocycles. The molecule has 1 aliphatic carbocycles. The number of aromatic nitrogens is 2. The molecule has 0 spiro atoms. The van der Waals surface area contributed by atoms with Crippen LogP contribution in [0.3, 0.4) is 0 Å². The van der Waals surface area contributed by atoms with Crippen LogP contribution >= 0.6 is 0 Å². The Morgan fingerprint density at radius 1 is 0.943 bits per heavy atom. The minimum atomic E-state index is -0.502. The molecule has 0 radical (unpaired) electrons. The van der Waals surface area contributed by atoms with Crippen LogP contribution in [0.2, 0.25) is 0 Å². The van der Waals surface area contributed by atoms with Crippen LogP contribution in [0.25, 0.3) is 0 Å². The van der Waals surface area contributed by atoms with Crippen molar-refractivity contribution >= 4 is 17.3 Å². The van der Waals surface area contributed by atoms with Gasteiger partial charge < -0.3 is 10.2 Å². The molecule has 0 saturated carbocycles. The van der Waals surface area contributed by atoms with Crippen molar-refractivity contribution in [3.63, 3.8) is 0 Å². The van der Waals surface area contributed by atoms with Gasteiger partial charge in [0.25, 0.3) is 5.56 Å². The summed E-state index contributed by atoms with van der Waals surface area (Å²) in [5, 5.41) is 3.27. The van der Waals surface area contributed by atoms with E-state index in [0.29, 0.717) is 23.4 Å². The van der Waals surface area contributed by atoms with Gasteiger partial charge >= 0.3 is 5.69 Å². The smallest absolute Gasteiger partial charge is 0.332 e. The fourth-order valence-corrected chi connectivity index (χ4v) is 5.30. The number of nitrogens with zero attached hydrogens (tertiary/aromatic N) is 3. The Balaban J connectivity index is 1.60. The molecule has 1 N–H and O–H groups in total. The number of ketones is 1. The van der Waals surface area contributed by atoms with Gasteiger partial charge in [0.2, 0.25) is 0 Å². The standard InChI is InChI=1S/C28H30N4O3/c1-4-32(17-18-9-6-5-7-10-18)20-15-13-19(14-16-20)23-24-21(11-8-12-22(24)33)29-26-25(23)27(34)31(3)28(35)30(26)2/h5-7,9-10,13-16,23,29H,4,8,11-12,17H2,1-3H3/t23-/m1/s1. The summed E-state index contributed by atoms with van der Waals surface area (Å²) in [6.07, 6.45) is 1.95. The van der Waals surface area contributed by atoms with E-state index in [1.165, 1.54) is 17.2 Å². The SMILES string of the molecule is CCN(Cc1ccccc1)c1ccc([C@@H]2C3=C(CCCC3=O)Nc3c2c(=O)n(C)c(=O)n3C)cc1. The van der Waals surface area contributed by atoms with Crippen molar-refractivity contribution in [2.75, 3.05) is 16.8 Å². The molecule has 7 nitrogen and oxygen atoms in total. The van der Waals surface area contributed by atoms with Crippen LogP contribution in [0.15, 0.2) is 75.5 Å². The Hall–Kier alpha value is -3.87. The molecule has 2 aromatic carbocycles. The second kappa shape index (κ2) is 9.06. The van der Waals surface area contributed by atoms with Crippen LogP contribution in [-0.2, 0) is 25.4 Å². The number of carbonyl (C=O) groups excluding carboxylic acids is 1. The molecule has 0 saturated heterocycles. The van der Waals surface area contributed by atoms with Gasteiger partial charge in [0.1, 0.15) is 5.82 Å². The lowest BCUT2D eigenvalue weighted by atomic mass is 9.76. The molecule has 7 heteroatoms. The first kappa shape index (κ1) is 22.9. The summed E-state index contributed by atoms with van der Waals surface area (Å²) in [7, 11) is 3.15. The normalized spacial score (nSPS) is 17.0. The summed E-state index contributed by atoms with van der Waals surface area (Å²) in [4.78, 5) is 41.4. The number of fused-ring (bicyclic) bond motifs is 1. The zero-order valence-corrected chi connectivity index (χ0v) is 20.4. The molecule has 5 rings (SSSR count). The fraction of sp³-hybridized carbons (Fsp3) is 0.321. The summed E-state index contributed by atoms with van der Waals surface area (Å²) < 4.78 is 2.60. The molecule has 0 bridgehead atoms. The van der Waals surface area contributed by atoms with Gasteiger partial charge in [0, 0.05) is 56.5 Å². The third-order valence-corrected chi connectivity index (χ3v) is 7.19. The lowest BCUT2D eigenvalue weighted by Gasteiger charge is -2.34. The average Bonchev–Trinajstić information content (AvgIpc) is 2.89. The molecule has 1 aromatic heterocycles. The van der Waals surface area contributed by atoms with E-state index >= 15 is 0 Å². The van der Waals surface area contributed by atoms with E-state index in [-0.39, 0.29) is 17.0 Å². The number of allylic oxidation sites excluding steroid dienone is 2. The summed E-state index contributed by atoms with van der Waals surface area (Å²) >= 11 is 0. The highest BCUT2D eigenvalue weighted by Crippen LogP contribution is 2.43. The lowest BCUT2D eigenvalue weighted by Crippen LogP contribution is -2.44. The number of Topliss-reactive ketones (excluding diaryl/α,β-unsaturated/α-hetero) is 1. The number of carbonyl (C=O) groups is 1. The van der Waals surface area contributed by atoms with Crippen LogP contribution in [0, 0.1) is 0 Å². The quantitative estimate of drug-likeness (QED) is 0.616. The fourth-order valence-electron chi connectivity index (χ4n) is 5.30. The largest absolute Gasteiger partial charge is 0.367 e. The van der Waals surface area contributed by atoms with Gasteiger partial charge in [-0.05, 0) is 43.0 Å². The van der Waals surface area contributed by atoms with Crippen molar-refractivity contribution in [3.8, 4) is 0 Å².